The van der Waals surface area contributed by atoms with E-state index in [4.69, 9.17) is 5.11 Å². The maximum absolute atomic E-state index is 11.7. The molecule has 0 aliphatic rings. The van der Waals surface area contributed by atoms with Gasteiger partial charge >= 0.3 is 11.7 Å². The summed E-state index contributed by atoms with van der Waals surface area (Å²) in [5.41, 5.74) is -1.74. The molecule has 1 aromatic heterocycles. The van der Waals surface area contributed by atoms with Gasteiger partial charge in [0.2, 0.25) is 0 Å². The summed E-state index contributed by atoms with van der Waals surface area (Å²) in [7, 11) is 1.21. The Morgan fingerprint density at radius 1 is 1.50 bits per heavy atom. The Kier molecular flexibility index (Phi) is 4.03. The van der Waals surface area contributed by atoms with Crippen molar-refractivity contribution in [2.24, 2.45) is 7.05 Å². The van der Waals surface area contributed by atoms with E-state index in [9.17, 15) is 19.2 Å². The van der Waals surface area contributed by atoms with E-state index in [1.807, 2.05) is 0 Å². The molecule has 98 valence electrons. The normalized spacial score (nSPS) is 11.9. The number of carboxylic acid groups (broad SMARTS) is 1. The van der Waals surface area contributed by atoms with Crippen LogP contribution in [0.2, 0.25) is 0 Å². The molecule has 0 saturated heterocycles. The standard InChI is InChI=1S/C10H13N3O5/c1-3-6(9(16)17)12-7(14)5-4-11-10(18)13(2)8(5)15/h4,6H,3H2,1-2H3,(H,11,18)(H,12,14)(H,16,17). The Balaban J connectivity index is 3.06. The summed E-state index contributed by atoms with van der Waals surface area (Å²) in [6, 6.07) is -1.07. The number of carboxylic acids is 1. The number of aromatic nitrogens is 2. The van der Waals surface area contributed by atoms with Gasteiger partial charge in [0.15, 0.2) is 0 Å². The van der Waals surface area contributed by atoms with Crippen molar-refractivity contribution in [3.05, 3.63) is 32.6 Å². The van der Waals surface area contributed by atoms with Crippen LogP contribution in [0.4, 0.5) is 0 Å². The molecule has 1 aromatic rings. The van der Waals surface area contributed by atoms with Crippen molar-refractivity contribution in [3.63, 3.8) is 0 Å². The predicted molar refractivity (Wildman–Crippen MR) is 61.5 cm³/mol. The van der Waals surface area contributed by atoms with Crippen LogP contribution >= 0.6 is 0 Å². The van der Waals surface area contributed by atoms with E-state index in [0.717, 1.165) is 10.8 Å². The molecule has 1 unspecified atom stereocenters. The van der Waals surface area contributed by atoms with E-state index >= 15 is 0 Å². The van der Waals surface area contributed by atoms with Gasteiger partial charge in [-0.25, -0.2) is 9.59 Å². The van der Waals surface area contributed by atoms with E-state index in [1.165, 1.54) is 7.05 Å². The second-order valence-corrected chi connectivity index (χ2v) is 3.64. The van der Waals surface area contributed by atoms with Crippen LogP contribution in [0.5, 0.6) is 0 Å². The SMILES string of the molecule is CCC(NC(=O)c1c[nH]c(=O)n(C)c1=O)C(=O)O. The zero-order valence-corrected chi connectivity index (χ0v) is 9.89. The minimum atomic E-state index is -1.19. The number of nitrogens with one attached hydrogen (secondary N) is 2. The lowest BCUT2D eigenvalue weighted by atomic mass is 10.2. The van der Waals surface area contributed by atoms with E-state index in [0.29, 0.717) is 0 Å². The molecule has 18 heavy (non-hydrogen) atoms. The van der Waals surface area contributed by atoms with Gasteiger partial charge in [0.1, 0.15) is 11.6 Å². The lowest BCUT2D eigenvalue weighted by Gasteiger charge is -2.11. The van der Waals surface area contributed by atoms with Crippen molar-refractivity contribution < 1.29 is 14.7 Å². The van der Waals surface area contributed by atoms with E-state index in [2.05, 4.69) is 10.3 Å². The van der Waals surface area contributed by atoms with Crippen LogP contribution in [0.3, 0.4) is 0 Å². The van der Waals surface area contributed by atoms with Gasteiger partial charge in [-0.05, 0) is 6.42 Å². The van der Waals surface area contributed by atoms with Crippen molar-refractivity contribution in [3.8, 4) is 0 Å². The molecular weight excluding hydrogens is 242 g/mol. The fourth-order valence-corrected chi connectivity index (χ4v) is 1.30. The van der Waals surface area contributed by atoms with Crippen LogP contribution in [-0.2, 0) is 11.8 Å². The third-order valence-corrected chi connectivity index (χ3v) is 2.44. The van der Waals surface area contributed by atoms with Crippen LogP contribution in [-0.4, -0.2) is 32.6 Å². The number of hydrogen-bond acceptors (Lipinski definition) is 4. The lowest BCUT2D eigenvalue weighted by Crippen LogP contribution is -2.44. The molecule has 0 bridgehead atoms. The highest BCUT2D eigenvalue weighted by Crippen LogP contribution is 1.94. The second kappa shape index (κ2) is 5.30. The molecule has 1 amide bonds. The summed E-state index contributed by atoms with van der Waals surface area (Å²) in [6.07, 6.45) is 1.15. The third kappa shape index (κ3) is 2.65. The van der Waals surface area contributed by atoms with Crippen molar-refractivity contribution >= 4 is 11.9 Å². The number of aromatic amines is 1. The Hall–Kier alpha value is -2.38. The van der Waals surface area contributed by atoms with Crippen molar-refractivity contribution in [1.82, 2.24) is 14.9 Å². The van der Waals surface area contributed by atoms with Crippen LogP contribution < -0.4 is 16.6 Å². The van der Waals surface area contributed by atoms with Crippen LogP contribution in [0.1, 0.15) is 23.7 Å². The molecular formula is C10H13N3O5. The highest BCUT2D eigenvalue weighted by Gasteiger charge is 2.20. The van der Waals surface area contributed by atoms with E-state index in [1.54, 1.807) is 6.92 Å². The zero-order chi connectivity index (χ0) is 13.9. The summed E-state index contributed by atoms with van der Waals surface area (Å²) in [5.74, 6) is -2.02. The molecule has 1 heterocycles. The molecule has 0 fully saturated rings. The summed E-state index contributed by atoms with van der Waals surface area (Å²) in [4.78, 5) is 47.3. The van der Waals surface area contributed by atoms with Crippen LogP contribution in [0.15, 0.2) is 15.8 Å². The summed E-state index contributed by atoms with van der Waals surface area (Å²) < 4.78 is 0.733. The molecule has 1 atom stereocenters. The Morgan fingerprint density at radius 3 is 2.61 bits per heavy atom. The monoisotopic (exact) mass is 255 g/mol. The number of H-pyrrole nitrogens is 1. The van der Waals surface area contributed by atoms with Crippen molar-refractivity contribution in [2.45, 2.75) is 19.4 Å². The van der Waals surface area contributed by atoms with Gasteiger partial charge in [0.25, 0.3) is 11.5 Å². The molecule has 3 N–H and O–H groups in total. The first-order valence-electron chi connectivity index (χ1n) is 5.20. The first-order valence-corrected chi connectivity index (χ1v) is 5.20. The quantitative estimate of drug-likeness (QED) is 0.615. The summed E-state index contributed by atoms with van der Waals surface area (Å²) in [6.45, 7) is 1.59. The fourth-order valence-electron chi connectivity index (χ4n) is 1.30. The maximum atomic E-state index is 11.7. The Labute approximate surface area is 101 Å². The first-order chi connectivity index (χ1) is 8.38. The number of amides is 1. The lowest BCUT2D eigenvalue weighted by molar-refractivity contribution is -0.139. The van der Waals surface area contributed by atoms with Gasteiger partial charge in [0, 0.05) is 13.2 Å². The number of nitrogens with zero attached hydrogens (tertiary/aromatic N) is 1. The number of rotatable bonds is 4. The second-order valence-electron chi connectivity index (χ2n) is 3.64. The average molecular weight is 255 g/mol. The van der Waals surface area contributed by atoms with E-state index in [-0.39, 0.29) is 12.0 Å². The largest absolute Gasteiger partial charge is 0.480 e. The molecule has 8 nitrogen and oxygen atoms in total. The first kappa shape index (κ1) is 13.7. The van der Waals surface area contributed by atoms with Crippen LogP contribution in [0.25, 0.3) is 0 Å². The average Bonchev–Trinajstić information content (AvgIpc) is 2.32. The summed E-state index contributed by atoms with van der Waals surface area (Å²) >= 11 is 0. The predicted octanol–water partition coefficient (Wildman–Crippen LogP) is -1.33. The molecule has 0 saturated carbocycles. The summed E-state index contributed by atoms with van der Waals surface area (Å²) in [5, 5.41) is 11.0. The third-order valence-electron chi connectivity index (χ3n) is 2.44. The van der Waals surface area contributed by atoms with Gasteiger partial charge < -0.3 is 15.4 Å². The Bertz CT molecular complexity index is 586. The van der Waals surface area contributed by atoms with Gasteiger partial charge in [-0.2, -0.15) is 0 Å². The molecule has 0 spiro atoms. The number of hydrogen-bond donors (Lipinski definition) is 3. The highest BCUT2D eigenvalue weighted by molar-refractivity contribution is 5.95. The van der Waals surface area contributed by atoms with Gasteiger partial charge in [-0.1, -0.05) is 6.92 Å². The molecule has 0 aliphatic heterocycles. The van der Waals surface area contributed by atoms with Crippen molar-refractivity contribution in [2.75, 3.05) is 0 Å². The van der Waals surface area contributed by atoms with Gasteiger partial charge in [0.05, 0.1) is 0 Å². The van der Waals surface area contributed by atoms with Crippen molar-refractivity contribution in [1.29, 1.82) is 0 Å². The number of aliphatic carboxylic acids is 1. The highest BCUT2D eigenvalue weighted by atomic mass is 16.4. The molecule has 0 radical (unpaired) electrons. The van der Waals surface area contributed by atoms with Gasteiger partial charge in [-0.15, -0.1) is 0 Å². The molecule has 0 aromatic carbocycles. The smallest absolute Gasteiger partial charge is 0.328 e. The van der Waals surface area contributed by atoms with Crippen LogP contribution in [0, 0.1) is 0 Å². The van der Waals surface area contributed by atoms with E-state index < -0.39 is 29.2 Å². The van der Waals surface area contributed by atoms with Gasteiger partial charge in [-0.3, -0.25) is 14.2 Å². The fraction of sp³-hybridized carbons (Fsp3) is 0.400. The minimum absolute atomic E-state index is 0.185. The molecule has 1 rings (SSSR count). The number of carbonyl (C=O) groups is 2. The zero-order valence-electron chi connectivity index (χ0n) is 9.89. The minimum Gasteiger partial charge on any atom is -0.480 e. The maximum Gasteiger partial charge on any atom is 0.328 e. The Morgan fingerprint density at radius 2 is 2.11 bits per heavy atom. The molecule has 0 aliphatic carbocycles. The topological polar surface area (TPSA) is 121 Å². The molecule has 8 heteroatoms. The number of carbonyl (C=O) groups excluding carboxylic acids is 1.